The standard InChI is InChI=1S/C22H21NO6/c1-13(24)29-22-18(11-23-26-3)17(6-7-19(22)25-2)15-5-4-14-9-20-21(28-12-27-20)10-16(14)8-15/h6-11H,4-5,12H2,1-3H3/b23-11+. The third-order valence-corrected chi connectivity index (χ3v) is 4.89. The minimum absolute atomic E-state index is 0.247. The molecule has 1 aliphatic heterocycles. The van der Waals surface area contributed by atoms with Gasteiger partial charge in [-0.3, -0.25) is 4.79 Å². The number of oxime groups is 1. The molecule has 0 fully saturated rings. The highest BCUT2D eigenvalue weighted by atomic mass is 16.7. The van der Waals surface area contributed by atoms with Gasteiger partial charge in [0.1, 0.15) is 7.11 Å². The van der Waals surface area contributed by atoms with Crippen LogP contribution in [0.2, 0.25) is 0 Å². The average Bonchev–Trinajstić information content (AvgIpc) is 3.17. The van der Waals surface area contributed by atoms with Gasteiger partial charge < -0.3 is 23.8 Å². The Balaban J connectivity index is 1.84. The smallest absolute Gasteiger partial charge is 0.308 e. The molecule has 2 aromatic rings. The van der Waals surface area contributed by atoms with E-state index < -0.39 is 5.97 Å². The summed E-state index contributed by atoms with van der Waals surface area (Å²) < 4.78 is 21.8. The normalized spacial score (nSPS) is 14.4. The van der Waals surface area contributed by atoms with E-state index in [1.165, 1.54) is 32.9 Å². The highest BCUT2D eigenvalue weighted by Crippen LogP contribution is 2.42. The summed E-state index contributed by atoms with van der Waals surface area (Å²) in [6, 6.07) is 7.76. The molecule has 7 nitrogen and oxygen atoms in total. The van der Waals surface area contributed by atoms with Crippen LogP contribution in [0, 0.1) is 0 Å². The highest BCUT2D eigenvalue weighted by Gasteiger charge is 2.23. The molecule has 29 heavy (non-hydrogen) atoms. The Kier molecular flexibility index (Phi) is 5.12. The second-order valence-electron chi connectivity index (χ2n) is 6.64. The van der Waals surface area contributed by atoms with Crippen LogP contribution in [0.5, 0.6) is 23.0 Å². The predicted octanol–water partition coefficient (Wildman–Crippen LogP) is 3.82. The summed E-state index contributed by atoms with van der Waals surface area (Å²) >= 11 is 0. The molecule has 150 valence electrons. The first kappa shape index (κ1) is 18.9. The molecule has 0 unspecified atom stereocenters. The molecule has 4 rings (SSSR count). The van der Waals surface area contributed by atoms with Crippen LogP contribution in [-0.4, -0.2) is 33.2 Å². The molecule has 2 aromatic carbocycles. The number of aryl methyl sites for hydroxylation is 1. The zero-order valence-electron chi connectivity index (χ0n) is 16.5. The lowest BCUT2D eigenvalue weighted by Crippen LogP contribution is -2.09. The van der Waals surface area contributed by atoms with Crippen LogP contribution in [0.1, 0.15) is 35.6 Å². The fourth-order valence-corrected chi connectivity index (χ4v) is 3.60. The lowest BCUT2D eigenvalue weighted by molar-refractivity contribution is -0.132. The zero-order chi connectivity index (χ0) is 20.4. The molecule has 0 N–H and O–H groups in total. The first-order valence-electron chi connectivity index (χ1n) is 9.20. The Morgan fingerprint density at radius 1 is 1.14 bits per heavy atom. The van der Waals surface area contributed by atoms with Gasteiger partial charge in [-0.1, -0.05) is 17.3 Å². The van der Waals surface area contributed by atoms with Gasteiger partial charge in [0.05, 0.1) is 18.9 Å². The number of hydrogen-bond donors (Lipinski definition) is 0. The maximum absolute atomic E-state index is 11.7. The van der Waals surface area contributed by atoms with Gasteiger partial charge in [-0.2, -0.15) is 0 Å². The van der Waals surface area contributed by atoms with E-state index in [-0.39, 0.29) is 6.79 Å². The van der Waals surface area contributed by atoms with Crippen molar-refractivity contribution in [3.05, 3.63) is 46.5 Å². The van der Waals surface area contributed by atoms with E-state index in [1.807, 2.05) is 18.2 Å². The van der Waals surface area contributed by atoms with E-state index in [2.05, 4.69) is 11.2 Å². The Morgan fingerprint density at radius 3 is 2.66 bits per heavy atom. The predicted molar refractivity (Wildman–Crippen MR) is 108 cm³/mol. The molecule has 2 aliphatic rings. The van der Waals surface area contributed by atoms with Crippen molar-refractivity contribution in [3.63, 3.8) is 0 Å². The van der Waals surface area contributed by atoms with E-state index in [0.717, 1.165) is 41.0 Å². The molecule has 0 amide bonds. The summed E-state index contributed by atoms with van der Waals surface area (Å²) in [5.41, 5.74) is 4.89. The van der Waals surface area contributed by atoms with Gasteiger partial charge in [-0.25, -0.2) is 0 Å². The van der Waals surface area contributed by atoms with Crippen molar-refractivity contribution in [1.82, 2.24) is 0 Å². The molecular weight excluding hydrogens is 374 g/mol. The van der Waals surface area contributed by atoms with Crippen LogP contribution < -0.4 is 18.9 Å². The summed E-state index contributed by atoms with van der Waals surface area (Å²) in [5.74, 6) is 1.86. The molecule has 7 heteroatoms. The van der Waals surface area contributed by atoms with Crippen molar-refractivity contribution in [2.24, 2.45) is 5.16 Å². The van der Waals surface area contributed by atoms with Crippen LogP contribution in [0.3, 0.4) is 0 Å². The molecule has 0 bridgehead atoms. The topological polar surface area (TPSA) is 75.6 Å². The van der Waals surface area contributed by atoms with Gasteiger partial charge in [0.25, 0.3) is 0 Å². The zero-order valence-corrected chi connectivity index (χ0v) is 16.5. The van der Waals surface area contributed by atoms with Crippen LogP contribution in [-0.2, 0) is 16.1 Å². The van der Waals surface area contributed by atoms with Gasteiger partial charge in [0.2, 0.25) is 6.79 Å². The number of hydrogen-bond acceptors (Lipinski definition) is 7. The second-order valence-corrected chi connectivity index (χ2v) is 6.64. The van der Waals surface area contributed by atoms with Crippen LogP contribution in [0.15, 0.2) is 29.4 Å². The van der Waals surface area contributed by atoms with E-state index in [9.17, 15) is 4.79 Å². The number of carbonyl (C=O) groups excluding carboxylic acids is 1. The number of ether oxygens (including phenoxy) is 4. The number of rotatable bonds is 5. The van der Waals surface area contributed by atoms with Crippen molar-refractivity contribution in [1.29, 1.82) is 0 Å². The van der Waals surface area contributed by atoms with E-state index in [0.29, 0.717) is 17.1 Å². The maximum Gasteiger partial charge on any atom is 0.308 e. The largest absolute Gasteiger partial charge is 0.493 e. The molecule has 0 saturated heterocycles. The minimum atomic E-state index is -0.441. The monoisotopic (exact) mass is 395 g/mol. The summed E-state index contributed by atoms with van der Waals surface area (Å²) in [4.78, 5) is 16.5. The van der Waals surface area contributed by atoms with Crippen molar-refractivity contribution in [3.8, 4) is 23.0 Å². The molecule has 1 heterocycles. The van der Waals surface area contributed by atoms with Crippen molar-refractivity contribution >= 4 is 23.8 Å². The minimum Gasteiger partial charge on any atom is -0.493 e. The second kappa shape index (κ2) is 7.87. The average molecular weight is 395 g/mol. The van der Waals surface area contributed by atoms with E-state index in [4.69, 9.17) is 23.8 Å². The molecular formula is C22H21NO6. The molecule has 0 spiro atoms. The Hall–Kier alpha value is -3.48. The molecule has 0 aromatic heterocycles. The number of esters is 1. The van der Waals surface area contributed by atoms with Crippen LogP contribution in [0.25, 0.3) is 11.6 Å². The number of benzene rings is 2. The molecule has 0 saturated carbocycles. The third kappa shape index (κ3) is 3.63. The van der Waals surface area contributed by atoms with E-state index >= 15 is 0 Å². The van der Waals surface area contributed by atoms with Crippen molar-refractivity contribution in [2.45, 2.75) is 19.8 Å². The number of carbonyl (C=O) groups is 1. The van der Waals surface area contributed by atoms with Gasteiger partial charge in [0.15, 0.2) is 23.0 Å². The molecule has 0 radical (unpaired) electrons. The Bertz CT molecular complexity index is 1020. The number of fused-ring (bicyclic) bond motifs is 2. The first-order valence-corrected chi connectivity index (χ1v) is 9.20. The van der Waals surface area contributed by atoms with Crippen LogP contribution >= 0.6 is 0 Å². The molecule has 1 aliphatic carbocycles. The lowest BCUT2D eigenvalue weighted by Gasteiger charge is -2.20. The van der Waals surface area contributed by atoms with Crippen molar-refractivity contribution < 1.29 is 28.6 Å². The fourth-order valence-electron chi connectivity index (χ4n) is 3.60. The fraction of sp³-hybridized carbons (Fsp3) is 0.273. The van der Waals surface area contributed by atoms with Crippen LogP contribution in [0.4, 0.5) is 0 Å². The number of methoxy groups -OCH3 is 1. The SMILES string of the molecule is CO/N=C/c1c(C2=Cc3cc4c(cc3CC2)OCO4)ccc(OC)c1OC(C)=O. The van der Waals surface area contributed by atoms with Gasteiger partial charge in [-0.15, -0.1) is 0 Å². The lowest BCUT2D eigenvalue weighted by atomic mass is 9.86. The third-order valence-electron chi connectivity index (χ3n) is 4.89. The van der Waals surface area contributed by atoms with Gasteiger partial charge in [0, 0.05) is 6.92 Å². The summed E-state index contributed by atoms with van der Waals surface area (Å²) in [6.45, 7) is 1.60. The Labute approximate surface area is 168 Å². The summed E-state index contributed by atoms with van der Waals surface area (Å²) in [5, 5.41) is 3.90. The number of nitrogens with zero attached hydrogens (tertiary/aromatic N) is 1. The van der Waals surface area contributed by atoms with Gasteiger partial charge >= 0.3 is 5.97 Å². The Morgan fingerprint density at radius 2 is 1.93 bits per heavy atom. The van der Waals surface area contributed by atoms with E-state index in [1.54, 1.807) is 6.07 Å². The summed E-state index contributed by atoms with van der Waals surface area (Å²) in [6.07, 6.45) is 5.32. The van der Waals surface area contributed by atoms with Gasteiger partial charge in [-0.05, 0) is 53.3 Å². The highest BCUT2D eigenvalue weighted by molar-refractivity contribution is 5.97. The molecule has 0 atom stereocenters. The first-order chi connectivity index (χ1) is 14.1. The van der Waals surface area contributed by atoms with Crippen molar-refractivity contribution in [2.75, 3.05) is 21.0 Å². The summed E-state index contributed by atoms with van der Waals surface area (Å²) in [7, 11) is 2.98. The quantitative estimate of drug-likeness (QED) is 0.332. The number of allylic oxidation sites excluding steroid dienone is 1. The maximum atomic E-state index is 11.7.